The Morgan fingerprint density at radius 3 is 2.52 bits per heavy atom. The van der Waals surface area contributed by atoms with Gasteiger partial charge in [0, 0.05) is 38.6 Å². The highest BCUT2D eigenvalue weighted by Crippen LogP contribution is 2.29. The van der Waals surface area contributed by atoms with Crippen molar-refractivity contribution in [2.24, 2.45) is 0 Å². The van der Waals surface area contributed by atoms with Crippen molar-refractivity contribution >= 4 is 22.6 Å². The number of hydrogen-bond acceptors (Lipinski definition) is 5. The van der Waals surface area contributed by atoms with Gasteiger partial charge in [0.05, 0.1) is 5.52 Å². The number of aliphatic hydroxyl groups is 1. The number of para-hydroxylation sites is 1. The molecule has 164 valence electrons. The van der Waals surface area contributed by atoms with Crippen LogP contribution in [0.1, 0.15) is 33.2 Å². The van der Waals surface area contributed by atoms with Crippen LogP contribution in [-0.2, 0) is 4.79 Å². The maximum Gasteiger partial charge on any atom is 0.251 e. The van der Waals surface area contributed by atoms with E-state index in [0.717, 1.165) is 46.5 Å². The topological polar surface area (TPSA) is 69.6 Å². The molecule has 0 radical (unpaired) electrons. The van der Waals surface area contributed by atoms with E-state index in [2.05, 4.69) is 36.9 Å². The van der Waals surface area contributed by atoms with Gasteiger partial charge in [0.1, 0.15) is 11.9 Å². The molecule has 1 amide bonds. The first kappa shape index (κ1) is 21.2. The highest BCUT2D eigenvalue weighted by Gasteiger charge is 2.27. The third-order valence-corrected chi connectivity index (χ3v) is 5.98. The van der Waals surface area contributed by atoms with Gasteiger partial charge in [0.25, 0.3) is 5.91 Å². The van der Waals surface area contributed by atoms with Gasteiger partial charge in [-0.05, 0) is 31.0 Å². The van der Waals surface area contributed by atoms with E-state index in [1.165, 1.54) is 0 Å². The molecule has 0 spiro atoms. The number of anilines is 1. The van der Waals surface area contributed by atoms with Gasteiger partial charge in [-0.15, -0.1) is 0 Å². The fraction of sp³-hybridized carbons (Fsp3) is 0.400. The van der Waals surface area contributed by atoms with E-state index in [0.29, 0.717) is 32.6 Å². The largest absolute Gasteiger partial charge is 0.383 e. The van der Waals surface area contributed by atoms with Crippen molar-refractivity contribution in [2.75, 3.05) is 31.1 Å². The smallest absolute Gasteiger partial charge is 0.251 e. The van der Waals surface area contributed by atoms with Crippen LogP contribution >= 0.6 is 0 Å². The number of carbonyl (C=O) groups excluding carboxylic acids is 1. The predicted octanol–water partition coefficient (Wildman–Crippen LogP) is 4.05. The average Bonchev–Trinajstić information content (AvgIpc) is 2.81. The molecular formula is C25H32N4O2. The Labute approximate surface area is 185 Å². The quantitative estimate of drug-likeness (QED) is 0.651. The molecule has 1 aliphatic heterocycles. The van der Waals surface area contributed by atoms with Crippen molar-refractivity contribution in [3.05, 3.63) is 54.1 Å². The van der Waals surface area contributed by atoms with Crippen molar-refractivity contribution in [3.8, 4) is 11.4 Å². The number of unbranched alkanes of at least 4 members (excludes halogenated alkanes) is 1. The number of rotatable bonds is 6. The Balaban J connectivity index is 0.00000289. The molecule has 2 heterocycles. The molecule has 1 fully saturated rings. The maximum absolute atomic E-state index is 12.6. The highest BCUT2D eigenvalue weighted by molar-refractivity contribution is 5.91. The number of aliphatic hydroxyl groups excluding tert-OH is 1. The zero-order chi connectivity index (χ0) is 21.8. The number of nitrogens with zero attached hydrogens (tertiary/aromatic N) is 4. The first-order valence-corrected chi connectivity index (χ1v) is 11.1. The van der Waals surface area contributed by atoms with Crippen LogP contribution in [0.25, 0.3) is 22.3 Å². The second-order valence-electron chi connectivity index (χ2n) is 8.17. The molecule has 3 aromatic rings. The number of piperazine rings is 1. The van der Waals surface area contributed by atoms with Crippen LogP contribution in [0.4, 0.5) is 5.82 Å². The predicted molar refractivity (Wildman–Crippen MR) is 126 cm³/mol. The van der Waals surface area contributed by atoms with E-state index in [1.54, 1.807) is 4.90 Å². The number of amides is 1. The number of fused-ring (bicyclic) bond motifs is 1. The van der Waals surface area contributed by atoms with E-state index in [9.17, 15) is 9.90 Å². The van der Waals surface area contributed by atoms with Crippen LogP contribution in [0.15, 0.2) is 48.5 Å². The Hall–Kier alpha value is -2.99. The first-order valence-electron chi connectivity index (χ1n) is 11.1. The molecule has 1 atom stereocenters. The summed E-state index contributed by atoms with van der Waals surface area (Å²) in [6.07, 6.45) is 1.48. The molecule has 0 aliphatic carbocycles. The van der Waals surface area contributed by atoms with Crippen LogP contribution in [0, 0.1) is 6.92 Å². The standard InChI is InChI=1S/C25H30N4O2.H2/c1-3-4-13-22(30)25(31)29-16-14-28(15-17-29)24-20-11-7-8-12-21(20)26-23(27-24)19-10-6-5-9-18(19)2;/h5-12,22,30H,3-4,13-17H2,1-2H3;1H. The van der Waals surface area contributed by atoms with Gasteiger partial charge in [-0.1, -0.05) is 56.2 Å². The minimum Gasteiger partial charge on any atom is -0.383 e. The summed E-state index contributed by atoms with van der Waals surface area (Å²) in [4.78, 5) is 26.4. The molecule has 1 N–H and O–H groups in total. The number of aryl methyl sites for hydroxylation is 1. The molecule has 1 aliphatic rings. The van der Waals surface area contributed by atoms with Gasteiger partial charge in [-0.25, -0.2) is 9.97 Å². The normalized spacial score (nSPS) is 15.3. The average molecular weight is 421 g/mol. The second kappa shape index (κ2) is 9.43. The van der Waals surface area contributed by atoms with E-state index in [-0.39, 0.29) is 7.33 Å². The van der Waals surface area contributed by atoms with E-state index in [1.807, 2.05) is 30.3 Å². The third kappa shape index (κ3) is 4.54. The lowest BCUT2D eigenvalue weighted by atomic mass is 10.1. The van der Waals surface area contributed by atoms with Gasteiger partial charge in [-0.2, -0.15) is 0 Å². The van der Waals surface area contributed by atoms with Gasteiger partial charge < -0.3 is 14.9 Å². The highest BCUT2D eigenvalue weighted by atomic mass is 16.3. The van der Waals surface area contributed by atoms with Crippen LogP contribution < -0.4 is 4.90 Å². The van der Waals surface area contributed by atoms with Crippen LogP contribution in [0.5, 0.6) is 0 Å². The minimum atomic E-state index is -0.890. The lowest BCUT2D eigenvalue weighted by Gasteiger charge is -2.36. The monoisotopic (exact) mass is 420 g/mol. The number of aromatic nitrogens is 2. The molecule has 6 nitrogen and oxygen atoms in total. The maximum atomic E-state index is 12.6. The number of hydrogen-bond donors (Lipinski definition) is 1. The molecular weight excluding hydrogens is 388 g/mol. The van der Waals surface area contributed by atoms with Gasteiger partial charge in [-0.3, -0.25) is 4.79 Å². The van der Waals surface area contributed by atoms with Crippen molar-refractivity contribution in [1.82, 2.24) is 14.9 Å². The number of benzene rings is 2. The molecule has 0 bridgehead atoms. The van der Waals surface area contributed by atoms with Crippen LogP contribution in [-0.4, -0.2) is 58.2 Å². The Bertz CT molecular complexity index is 1070. The summed E-state index contributed by atoms with van der Waals surface area (Å²) in [5.74, 6) is 1.48. The molecule has 2 aromatic carbocycles. The van der Waals surface area contributed by atoms with Gasteiger partial charge >= 0.3 is 0 Å². The van der Waals surface area contributed by atoms with Gasteiger partial charge in [0.2, 0.25) is 0 Å². The zero-order valence-corrected chi connectivity index (χ0v) is 18.3. The summed E-state index contributed by atoms with van der Waals surface area (Å²) >= 11 is 0. The van der Waals surface area contributed by atoms with Crippen molar-refractivity contribution < 1.29 is 11.3 Å². The molecule has 1 aromatic heterocycles. The molecule has 6 heteroatoms. The molecule has 1 unspecified atom stereocenters. The Morgan fingerprint density at radius 1 is 1.06 bits per heavy atom. The summed E-state index contributed by atoms with van der Waals surface area (Å²) in [5.41, 5.74) is 3.09. The summed E-state index contributed by atoms with van der Waals surface area (Å²) in [5, 5.41) is 11.2. The summed E-state index contributed by atoms with van der Waals surface area (Å²) in [6.45, 7) is 6.66. The number of carbonyl (C=O) groups is 1. The van der Waals surface area contributed by atoms with Gasteiger partial charge in [0.15, 0.2) is 5.82 Å². The minimum absolute atomic E-state index is 0. The van der Waals surface area contributed by atoms with Crippen molar-refractivity contribution in [1.29, 1.82) is 0 Å². The fourth-order valence-electron chi connectivity index (χ4n) is 4.12. The first-order chi connectivity index (χ1) is 15.1. The third-order valence-electron chi connectivity index (χ3n) is 5.98. The van der Waals surface area contributed by atoms with E-state index < -0.39 is 6.10 Å². The molecule has 0 saturated carbocycles. The Morgan fingerprint density at radius 2 is 1.77 bits per heavy atom. The van der Waals surface area contributed by atoms with E-state index >= 15 is 0 Å². The molecule has 1 saturated heterocycles. The van der Waals surface area contributed by atoms with Crippen molar-refractivity contribution in [2.45, 2.75) is 39.2 Å². The molecule has 31 heavy (non-hydrogen) atoms. The fourth-order valence-corrected chi connectivity index (χ4v) is 4.12. The van der Waals surface area contributed by atoms with E-state index in [4.69, 9.17) is 9.97 Å². The molecule has 4 rings (SSSR count). The lowest BCUT2D eigenvalue weighted by Crippen LogP contribution is -2.51. The Kier molecular flexibility index (Phi) is 6.47. The summed E-state index contributed by atoms with van der Waals surface area (Å²) in [6, 6.07) is 16.2. The zero-order valence-electron chi connectivity index (χ0n) is 18.3. The second-order valence-corrected chi connectivity index (χ2v) is 8.17. The lowest BCUT2D eigenvalue weighted by molar-refractivity contribution is -0.140. The van der Waals surface area contributed by atoms with Crippen molar-refractivity contribution in [3.63, 3.8) is 0 Å². The summed E-state index contributed by atoms with van der Waals surface area (Å²) < 4.78 is 0. The van der Waals surface area contributed by atoms with Crippen LogP contribution in [0.2, 0.25) is 0 Å². The summed E-state index contributed by atoms with van der Waals surface area (Å²) in [7, 11) is 0. The SMILES string of the molecule is CCCCC(O)C(=O)N1CCN(c2nc(-c3ccccc3C)nc3ccccc23)CC1.[HH]. The van der Waals surface area contributed by atoms with Crippen LogP contribution in [0.3, 0.4) is 0 Å².